The topological polar surface area (TPSA) is 79.3 Å². The first-order chi connectivity index (χ1) is 8.03. The molecule has 1 saturated carbocycles. The minimum Gasteiger partial charge on any atom is -0.481 e. The number of carboxylic acid groups (broad SMARTS) is 1. The Morgan fingerprint density at radius 1 is 1.47 bits per heavy atom. The zero-order valence-corrected chi connectivity index (χ0v) is 9.56. The molecule has 5 nitrogen and oxygen atoms in total. The molecule has 0 spiro atoms. The van der Waals surface area contributed by atoms with Crippen LogP contribution in [0.25, 0.3) is 0 Å². The quantitative estimate of drug-likeness (QED) is 0.814. The van der Waals surface area contributed by atoms with Crippen LogP contribution >= 0.6 is 0 Å². The minimum absolute atomic E-state index is 0.190. The summed E-state index contributed by atoms with van der Waals surface area (Å²) in [5, 5.41) is 11.6. The molecule has 2 rings (SSSR count). The summed E-state index contributed by atoms with van der Waals surface area (Å²) in [5.74, 6) is -1.11. The molecular formula is C12H14N2O3. The number of hydrogen-bond acceptors (Lipinski definition) is 3. The van der Waals surface area contributed by atoms with Gasteiger partial charge in [-0.25, -0.2) is 0 Å². The second-order valence-electron chi connectivity index (χ2n) is 4.46. The average molecular weight is 234 g/mol. The Bertz CT molecular complexity index is 449. The Morgan fingerprint density at radius 3 is 2.65 bits per heavy atom. The maximum absolute atomic E-state index is 11.7. The van der Waals surface area contributed by atoms with E-state index in [2.05, 4.69) is 10.3 Å². The summed E-state index contributed by atoms with van der Waals surface area (Å²) < 4.78 is 0. The van der Waals surface area contributed by atoms with Crippen LogP contribution in [0.2, 0.25) is 0 Å². The van der Waals surface area contributed by atoms with Crippen molar-refractivity contribution in [3.05, 3.63) is 29.6 Å². The number of aliphatic carboxylic acids is 1. The van der Waals surface area contributed by atoms with Crippen molar-refractivity contribution in [2.24, 2.45) is 5.41 Å². The summed E-state index contributed by atoms with van der Waals surface area (Å²) in [6.07, 6.45) is 2.76. The van der Waals surface area contributed by atoms with Crippen molar-refractivity contribution in [1.82, 2.24) is 10.3 Å². The van der Waals surface area contributed by atoms with Gasteiger partial charge in [-0.05, 0) is 31.9 Å². The Labute approximate surface area is 98.9 Å². The van der Waals surface area contributed by atoms with Crippen molar-refractivity contribution in [2.45, 2.75) is 19.8 Å². The van der Waals surface area contributed by atoms with Crippen LogP contribution in [0, 0.1) is 12.3 Å². The predicted molar refractivity (Wildman–Crippen MR) is 60.6 cm³/mol. The van der Waals surface area contributed by atoms with E-state index in [1.165, 1.54) is 6.20 Å². The van der Waals surface area contributed by atoms with Crippen LogP contribution in [0.5, 0.6) is 0 Å². The monoisotopic (exact) mass is 234 g/mol. The lowest BCUT2D eigenvalue weighted by Gasteiger charge is -2.10. The molecule has 1 aromatic rings. The Morgan fingerprint density at radius 2 is 2.18 bits per heavy atom. The highest BCUT2D eigenvalue weighted by Crippen LogP contribution is 2.45. The SMILES string of the molecule is Cc1ccc(C(=O)NCC2(C(=O)O)CC2)cn1. The van der Waals surface area contributed by atoms with Crippen molar-refractivity contribution in [1.29, 1.82) is 0 Å². The van der Waals surface area contributed by atoms with Crippen molar-refractivity contribution in [3.63, 3.8) is 0 Å². The van der Waals surface area contributed by atoms with Crippen LogP contribution < -0.4 is 5.32 Å². The van der Waals surface area contributed by atoms with E-state index >= 15 is 0 Å². The van der Waals surface area contributed by atoms with Gasteiger partial charge in [-0.3, -0.25) is 14.6 Å². The Hall–Kier alpha value is -1.91. The number of aromatic nitrogens is 1. The molecular weight excluding hydrogens is 220 g/mol. The number of pyridine rings is 1. The van der Waals surface area contributed by atoms with Gasteiger partial charge in [-0.15, -0.1) is 0 Å². The molecule has 0 atom stereocenters. The van der Waals surface area contributed by atoms with Crippen molar-refractivity contribution >= 4 is 11.9 Å². The van der Waals surface area contributed by atoms with Gasteiger partial charge in [-0.1, -0.05) is 0 Å². The molecule has 0 saturated heterocycles. The van der Waals surface area contributed by atoms with E-state index in [0.717, 1.165) is 5.69 Å². The molecule has 1 amide bonds. The molecule has 0 unspecified atom stereocenters. The zero-order valence-electron chi connectivity index (χ0n) is 9.56. The molecule has 90 valence electrons. The van der Waals surface area contributed by atoms with Crippen molar-refractivity contribution < 1.29 is 14.7 Å². The second-order valence-corrected chi connectivity index (χ2v) is 4.46. The fourth-order valence-corrected chi connectivity index (χ4v) is 1.57. The number of rotatable bonds is 4. The first kappa shape index (κ1) is 11.6. The highest BCUT2D eigenvalue weighted by atomic mass is 16.4. The molecule has 2 N–H and O–H groups in total. The third-order valence-corrected chi connectivity index (χ3v) is 3.07. The molecule has 0 aromatic carbocycles. The van der Waals surface area contributed by atoms with Crippen LogP contribution in [0.1, 0.15) is 28.9 Å². The zero-order chi connectivity index (χ0) is 12.5. The predicted octanol–water partition coefficient (Wildman–Crippen LogP) is 0.985. The third kappa shape index (κ3) is 2.43. The molecule has 17 heavy (non-hydrogen) atoms. The van der Waals surface area contributed by atoms with Gasteiger partial charge in [0.1, 0.15) is 0 Å². The summed E-state index contributed by atoms with van der Waals surface area (Å²) in [5.41, 5.74) is 0.566. The van der Waals surface area contributed by atoms with Gasteiger partial charge in [0.05, 0.1) is 11.0 Å². The molecule has 0 aliphatic heterocycles. The maximum atomic E-state index is 11.7. The number of carbonyl (C=O) groups excluding carboxylic acids is 1. The van der Waals surface area contributed by atoms with Gasteiger partial charge in [0.15, 0.2) is 0 Å². The molecule has 1 aliphatic carbocycles. The van der Waals surface area contributed by atoms with E-state index in [-0.39, 0.29) is 12.5 Å². The summed E-state index contributed by atoms with van der Waals surface area (Å²) in [4.78, 5) is 26.6. The van der Waals surface area contributed by atoms with Gasteiger partial charge in [-0.2, -0.15) is 0 Å². The fourth-order valence-electron chi connectivity index (χ4n) is 1.57. The van der Waals surface area contributed by atoms with Crippen LogP contribution in [0.15, 0.2) is 18.3 Å². The van der Waals surface area contributed by atoms with E-state index in [4.69, 9.17) is 5.11 Å². The van der Waals surface area contributed by atoms with Gasteiger partial charge in [0.2, 0.25) is 0 Å². The van der Waals surface area contributed by atoms with Crippen LogP contribution in [0.3, 0.4) is 0 Å². The number of aryl methyl sites for hydroxylation is 1. The fraction of sp³-hybridized carbons (Fsp3) is 0.417. The molecule has 1 aliphatic rings. The van der Waals surface area contributed by atoms with E-state index < -0.39 is 11.4 Å². The number of nitrogens with zero attached hydrogens (tertiary/aromatic N) is 1. The summed E-state index contributed by atoms with van der Waals surface area (Å²) in [7, 11) is 0. The first-order valence-corrected chi connectivity index (χ1v) is 5.48. The van der Waals surface area contributed by atoms with Gasteiger partial charge >= 0.3 is 5.97 Å². The molecule has 1 fully saturated rings. The number of hydrogen-bond donors (Lipinski definition) is 2. The smallest absolute Gasteiger partial charge is 0.311 e. The van der Waals surface area contributed by atoms with E-state index in [1.54, 1.807) is 12.1 Å². The Kier molecular flexibility index (Phi) is 2.83. The normalized spacial score (nSPS) is 16.3. The van der Waals surface area contributed by atoms with Crippen molar-refractivity contribution in [3.8, 4) is 0 Å². The molecule has 5 heteroatoms. The lowest BCUT2D eigenvalue weighted by Crippen LogP contribution is -2.34. The molecule has 0 radical (unpaired) electrons. The summed E-state index contributed by atoms with van der Waals surface area (Å²) in [6.45, 7) is 2.03. The summed E-state index contributed by atoms with van der Waals surface area (Å²) in [6, 6.07) is 3.43. The summed E-state index contributed by atoms with van der Waals surface area (Å²) >= 11 is 0. The first-order valence-electron chi connectivity index (χ1n) is 5.48. The van der Waals surface area contributed by atoms with E-state index in [9.17, 15) is 9.59 Å². The van der Waals surface area contributed by atoms with E-state index in [0.29, 0.717) is 18.4 Å². The van der Waals surface area contributed by atoms with Crippen LogP contribution in [-0.4, -0.2) is 28.5 Å². The maximum Gasteiger partial charge on any atom is 0.311 e. The van der Waals surface area contributed by atoms with Gasteiger partial charge in [0.25, 0.3) is 5.91 Å². The largest absolute Gasteiger partial charge is 0.481 e. The van der Waals surface area contributed by atoms with Gasteiger partial charge < -0.3 is 10.4 Å². The van der Waals surface area contributed by atoms with Crippen molar-refractivity contribution in [2.75, 3.05) is 6.54 Å². The number of carbonyl (C=O) groups is 2. The highest BCUT2D eigenvalue weighted by molar-refractivity contribution is 5.94. The number of nitrogens with one attached hydrogen (secondary N) is 1. The number of amides is 1. The molecule has 1 heterocycles. The number of carboxylic acids is 1. The van der Waals surface area contributed by atoms with Gasteiger partial charge in [0, 0.05) is 18.4 Å². The second kappa shape index (κ2) is 4.16. The minimum atomic E-state index is -0.833. The van der Waals surface area contributed by atoms with Crippen LogP contribution in [0.4, 0.5) is 0 Å². The Balaban J connectivity index is 1.94. The highest BCUT2D eigenvalue weighted by Gasteiger charge is 2.50. The third-order valence-electron chi connectivity index (χ3n) is 3.07. The van der Waals surface area contributed by atoms with Crippen LogP contribution in [-0.2, 0) is 4.79 Å². The average Bonchev–Trinajstić information content (AvgIpc) is 3.08. The molecule has 1 aromatic heterocycles. The lowest BCUT2D eigenvalue weighted by molar-refractivity contribution is -0.143. The molecule has 0 bridgehead atoms. The standard InChI is InChI=1S/C12H14N2O3/c1-8-2-3-9(6-13-8)10(15)14-7-12(4-5-12)11(16)17/h2-3,6H,4-5,7H2,1H3,(H,14,15)(H,16,17). The van der Waals surface area contributed by atoms with E-state index in [1.807, 2.05) is 6.92 Å². The lowest BCUT2D eigenvalue weighted by atomic mass is 10.1.